The Labute approximate surface area is 103 Å². The number of methoxy groups -OCH3 is 1. The molecule has 0 saturated carbocycles. The molecule has 0 aromatic rings. The minimum absolute atomic E-state index is 0.00208. The van der Waals surface area contributed by atoms with E-state index in [1.165, 1.54) is 0 Å². The van der Waals surface area contributed by atoms with Crippen LogP contribution in [0, 0.1) is 0 Å². The molecule has 1 unspecified atom stereocenters. The lowest BCUT2D eigenvalue weighted by molar-refractivity contribution is -0.143. The van der Waals surface area contributed by atoms with Crippen molar-refractivity contribution in [2.75, 3.05) is 20.3 Å². The van der Waals surface area contributed by atoms with Gasteiger partial charge in [-0.25, -0.2) is 0 Å². The molecule has 0 aromatic heterocycles. The molecule has 0 saturated heterocycles. The SMILES string of the molecule is CCOC(=O)CCCNC(=O)CCC(C)OC. The molecule has 17 heavy (non-hydrogen) atoms. The summed E-state index contributed by atoms with van der Waals surface area (Å²) >= 11 is 0. The average molecular weight is 245 g/mol. The minimum Gasteiger partial charge on any atom is -0.466 e. The van der Waals surface area contributed by atoms with Gasteiger partial charge >= 0.3 is 5.97 Å². The predicted octanol–water partition coefficient (Wildman–Crippen LogP) is 1.26. The maximum atomic E-state index is 11.4. The maximum absolute atomic E-state index is 11.4. The molecule has 1 N–H and O–H groups in total. The van der Waals surface area contributed by atoms with E-state index in [-0.39, 0.29) is 18.0 Å². The highest BCUT2D eigenvalue weighted by Gasteiger charge is 2.06. The first-order valence-corrected chi connectivity index (χ1v) is 6.05. The molecule has 0 spiro atoms. The predicted molar refractivity (Wildman–Crippen MR) is 64.6 cm³/mol. The van der Waals surface area contributed by atoms with Crippen LogP contribution in [0.1, 0.15) is 39.5 Å². The summed E-state index contributed by atoms with van der Waals surface area (Å²) in [4.78, 5) is 22.3. The first kappa shape index (κ1) is 15.9. The second kappa shape index (κ2) is 10.1. The summed E-state index contributed by atoms with van der Waals surface area (Å²) in [6.45, 7) is 4.61. The van der Waals surface area contributed by atoms with Gasteiger partial charge in [-0.3, -0.25) is 9.59 Å². The molecule has 1 atom stereocenters. The molecule has 1 amide bonds. The van der Waals surface area contributed by atoms with Gasteiger partial charge in [-0.1, -0.05) is 0 Å². The normalized spacial score (nSPS) is 11.9. The van der Waals surface area contributed by atoms with Crippen LogP contribution in [0.2, 0.25) is 0 Å². The molecule has 100 valence electrons. The summed E-state index contributed by atoms with van der Waals surface area (Å²) in [6.07, 6.45) is 2.22. The second-order valence-corrected chi connectivity index (χ2v) is 3.84. The molecule has 0 aliphatic heterocycles. The van der Waals surface area contributed by atoms with Gasteiger partial charge in [0.15, 0.2) is 0 Å². The molecule has 0 aliphatic rings. The summed E-state index contributed by atoms with van der Waals surface area (Å²) < 4.78 is 9.82. The third-order valence-corrected chi connectivity index (χ3v) is 2.37. The molecule has 0 rings (SSSR count). The van der Waals surface area contributed by atoms with Crippen molar-refractivity contribution in [1.29, 1.82) is 0 Å². The molecule has 5 heteroatoms. The van der Waals surface area contributed by atoms with Crippen molar-refractivity contribution in [2.24, 2.45) is 0 Å². The van der Waals surface area contributed by atoms with E-state index in [9.17, 15) is 9.59 Å². The standard InChI is InChI=1S/C12H23NO4/c1-4-17-12(15)6-5-9-13-11(14)8-7-10(2)16-3/h10H,4-9H2,1-3H3,(H,13,14). The van der Waals surface area contributed by atoms with Crippen LogP contribution in [-0.2, 0) is 19.1 Å². The number of nitrogens with one attached hydrogen (secondary N) is 1. The van der Waals surface area contributed by atoms with E-state index in [2.05, 4.69) is 5.32 Å². The molecule has 0 heterocycles. The fourth-order valence-corrected chi connectivity index (χ4v) is 1.23. The van der Waals surface area contributed by atoms with Crippen LogP contribution in [0.3, 0.4) is 0 Å². The molecular formula is C12H23NO4. The second-order valence-electron chi connectivity index (χ2n) is 3.84. The van der Waals surface area contributed by atoms with Crippen LogP contribution in [0.5, 0.6) is 0 Å². The van der Waals surface area contributed by atoms with Crippen molar-refractivity contribution < 1.29 is 19.1 Å². The zero-order valence-corrected chi connectivity index (χ0v) is 11.0. The van der Waals surface area contributed by atoms with Gasteiger partial charge in [-0.05, 0) is 26.7 Å². The summed E-state index contributed by atoms with van der Waals surface area (Å²) in [5.74, 6) is -0.215. The van der Waals surface area contributed by atoms with Crippen molar-refractivity contribution in [3.63, 3.8) is 0 Å². The van der Waals surface area contributed by atoms with Gasteiger partial charge in [0, 0.05) is 26.5 Å². The Morgan fingerprint density at radius 1 is 1.29 bits per heavy atom. The highest BCUT2D eigenvalue weighted by Crippen LogP contribution is 1.99. The summed E-state index contributed by atoms with van der Waals surface area (Å²) in [5, 5.41) is 2.76. The summed E-state index contributed by atoms with van der Waals surface area (Å²) in [6, 6.07) is 0. The Morgan fingerprint density at radius 3 is 2.59 bits per heavy atom. The lowest BCUT2D eigenvalue weighted by atomic mass is 10.2. The Bertz CT molecular complexity index is 231. The van der Waals surface area contributed by atoms with E-state index in [0.29, 0.717) is 38.8 Å². The van der Waals surface area contributed by atoms with E-state index in [1.54, 1.807) is 14.0 Å². The molecule has 0 fully saturated rings. The van der Waals surface area contributed by atoms with Crippen LogP contribution < -0.4 is 5.32 Å². The molecule has 0 radical (unpaired) electrons. The lowest BCUT2D eigenvalue weighted by Crippen LogP contribution is -2.25. The van der Waals surface area contributed by atoms with Gasteiger partial charge in [0.05, 0.1) is 12.7 Å². The Kier molecular flexibility index (Phi) is 9.43. The number of esters is 1. The van der Waals surface area contributed by atoms with E-state index < -0.39 is 0 Å². The molecule has 5 nitrogen and oxygen atoms in total. The monoisotopic (exact) mass is 245 g/mol. The number of ether oxygens (including phenoxy) is 2. The number of amides is 1. The average Bonchev–Trinajstić information content (AvgIpc) is 2.32. The third-order valence-electron chi connectivity index (χ3n) is 2.37. The van der Waals surface area contributed by atoms with Gasteiger partial charge in [-0.15, -0.1) is 0 Å². The Balaban J connectivity index is 3.42. The van der Waals surface area contributed by atoms with Gasteiger partial charge < -0.3 is 14.8 Å². The van der Waals surface area contributed by atoms with Gasteiger partial charge in [0.25, 0.3) is 0 Å². The van der Waals surface area contributed by atoms with Crippen LogP contribution in [0.15, 0.2) is 0 Å². The lowest BCUT2D eigenvalue weighted by Gasteiger charge is -2.09. The van der Waals surface area contributed by atoms with Crippen molar-refractivity contribution in [3.8, 4) is 0 Å². The molecule has 0 aliphatic carbocycles. The van der Waals surface area contributed by atoms with Crippen LogP contribution in [0.25, 0.3) is 0 Å². The van der Waals surface area contributed by atoms with E-state index in [4.69, 9.17) is 9.47 Å². The van der Waals surface area contributed by atoms with Crippen LogP contribution in [0.4, 0.5) is 0 Å². The molecular weight excluding hydrogens is 222 g/mol. The van der Waals surface area contributed by atoms with E-state index in [1.807, 2.05) is 6.92 Å². The fraction of sp³-hybridized carbons (Fsp3) is 0.833. The molecule has 0 bridgehead atoms. The number of hydrogen-bond acceptors (Lipinski definition) is 4. The quantitative estimate of drug-likeness (QED) is 0.490. The largest absolute Gasteiger partial charge is 0.466 e. The highest BCUT2D eigenvalue weighted by atomic mass is 16.5. The Morgan fingerprint density at radius 2 is 2.00 bits per heavy atom. The smallest absolute Gasteiger partial charge is 0.305 e. The van der Waals surface area contributed by atoms with Crippen molar-refractivity contribution in [1.82, 2.24) is 5.32 Å². The third kappa shape index (κ3) is 9.81. The zero-order chi connectivity index (χ0) is 13.1. The number of carbonyl (C=O) groups excluding carboxylic acids is 2. The first-order valence-electron chi connectivity index (χ1n) is 6.05. The Hall–Kier alpha value is -1.10. The van der Waals surface area contributed by atoms with Crippen molar-refractivity contribution in [2.45, 2.75) is 45.6 Å². The van der Waals surface area contributed by atoms with Gasteiger partial charge in [-0.2, -0.15) is 0 Å². The fourth-order valence-electron chi connectivity index (χ4n) is 1.23. The van der Waals surface area contributed by atoms with Crippen molar-refractivity contribution in [3.05, 3.63) is 0 Å². The zero-order valence-electron chi connectivity index (χ0n) is 11.0. The number of carbonyl (C=O) groups is 2. The van der Waals surface area contributed by atoms with Gasteiger partial charge in [0.1, 0.15) is 0 Å². The summed E-state index contributed by atoms with van der Waals surface area (Å²) in [5.41, 5.74) is 0. The van der Waals surface area contributed by atoms with Crippen molar-refractivity contribution >= 4 is 11.9 Å². The summed E-state index contributed by atoms with van der Waals surface area (Å²) in [7, 11) is 1.63. The molecule has 0 aromatic carbocycles. The minimum atomic E-state index is -0.213. The van der Waals surface area contributed by atoms with Crippen LogP contribution >= 0.6 is 0 Å². The number of rotatable bonds is 9. The van der Waals surface area contributed by atoms with Gasteiger partial charge in [0.2, 0.25) is 5.91 Å². The van der Waals surface area contributed by atoms with E-state index in [0.717, 1.165) is 0 Å². The topological polar surface area (TPSA) is 64.6 Å². The van der Waals surface area contributed by atoms with E-state index >= 15 is 0 Å². The van der Waals surface area contributed by atoms with Crippen LogP contribution in [-0.4, -0.2) is 38.2 Å². The maximum Gasteiger partial charge on any atom is 0.305 e. The highest BCUT2D eigenvalue weighted by molar-refractivity contribution is 5.76. The first-order chi connectivity index (χ1) is 8.10. The number of hydrogen-bond donors (Lipinski definition) is 1.